The Labute approximate surface area is 113 Å². The normalized spacial score (nSPS) is 10.5. The Hall–Kier alpha value is -2.03. The molecule has 2 aromatic rings. The SMILES string of the molecule is Cc1ccc(CN(C)c2c(N)cccc2F)cc1C. The van der Waals surface area contributed by atoms with Crippen LogP contribution in [0.4, 0.5) is 15.8 Å². The van der Waals surface area contributed by atoms with Crippen molar-refractivity contribution in [3.63, 3.8) is 0 Å². The molecule has 0 saturated heterocycles. The van der Waals surface area contributed by atoms with Crippen LogP contribution < -0.4 is 10.6 Å². The number of nitrogen functional groups attached to an aromatic ring is 1. The number of nitrogens with zero attached hydrogens (tertiary/aromatic N) is 1. The summed E-state index contributed by atoms with van der Waals surface area (Å²) >= 11 is 0. The van der Waals surface area contributed by atoms with E-state index in [1.165, 1.54) is 17.2 Å². The minimum absolute atomic E-state index is 0.286. The Morgan fingerprint density at radius 2 is 1.84 bits per heavy atom. The number of aryl methyl sites for hydroxylation is 2. The number of hydrogen-bond acceptors (Lipinski definition) is 2. The van der Waals surface area contributed by atoms with Gasteiger partial charge >= 0.3 is 0 Å². The van der Waals surface area contributed by atoms with Gasteiger partial charge in [0.1, 0.15) is 5.82 Å². The van der Waals surface area contributed by atoms with Gasteiger partial charge in [-0.2, -0.15) is 0 Å². The highest BCUT2D eigenvalue weighted by molar-refractivity contribution is 5.67. The summed E-state index contributed by atoms with van der Waals surface area (Å²) in [5.41, 5.74) is 10.4. The third-order valence-corrected chi connectivity index (χ3v) is 3.39. The second kappa shape index (κ2) is 5.31. The van der Waals surface area contributed by atoms with Crippen molar-refractivity contribution in [2.45, 2.75) is 20.4 Å². The fraction of sp³-hybridized carbons (Fsp3) is 0.250. The van der Waals surface area contributed by atoms with Crippen molar-refractivity contribution >= 4 is 11.4 Å². The molecule has 0 aliphatic carbocycles. The van der Waals surface area contributed by atoms with Crippen molar-refractivity contribution in [2.75, 3.05) is 17.7 Å². The molecule has 2 aromatic carbocycles. The molecule has 0 radical (unpaired) electrons. The molecule has 100 valence electrons. The molecular weight excluding hydrogens is 239 g/mol. The lowest BCUT2D eigenvalue weighted by molar-refractivity contribution is 0.623. The molecule has 3 heteroatoms. The molecule has 0 atom stereocenters. The minimum atomic E-state index is -0.286. The Morgan fingerprint density at radius 3 is 2.47 bits per heavy atom. The van der Waals surface area contributed by atoms with E-state index in [1.54, 1.807) is 12.1 Å². The van der Waals surface area contributed by atoms with Crippen molar-refractivity contribution in [2.24, 2.45) is 0 Å². The Bertz CT molecular complexity index is 573. The second-order valence-corrected chi connectivity index (χ2v) is 4.95. The lowest BCUT2D eigenvalue weighted by atomic mass is 10.1. The largest absolute Gasteiger partial charge is 0.397 e. The zero-order valence-electron chi connectivity index (χ0n) is 11.6. The van der Waals surface area contributed by atoms with Crippen molar-refractivity contribution in [1.82, 2.24) is 0 Å². The highest BCUT2D eigenvalue weighted by Gasteiger charge is 2.11. The molecule has 0 unspecified atom stereocenters. The van der Waals surface area contributed by atoms with Gasteiger partial charge in [-0.1, -0.05) is 24.3 Å². The van der Waals surface area contributed by atoms with Gasteiger partial charge in [-0.05, 0) is 42.7 Å². The summed E-state index contributed by atoms with van der Waals surface area (Å²) < 4.78 is 13.8. The topological polar surface area (TPSA) is 29.3 Å². The maximum Gasteiger partial charge on any atom is 0.148 e. The van der Waals surface area contributed by atoms with E-state index in [1.807, 2.05) is 11.9 Å². The van der Waals surface area contributed by atoms with Gasteiger partial charge < -0.3 is 10.6 Å². The second-order valence-electron chi connectivity index (χ2n) is 4.95. The van der Waals surface area contributed by atoms with Gasteiger partial charge in [0, 0.05) is 13.6 Å². The number of rotatable bonds is 3. The number of nitrogens with two attached hydrogens (primary N) is 1. The Morgan fingerprint density at radius 1 is 1.11 bits per heavy atom. The highest BCUT2D eigenvalue weighted by atomic mass is 19.1. The predicted molar refractivity (Wildman–Crippen MR) is 78.8 cm³/mol. The first-order valence-electron chi connectivity index (χ1n) is 6.30. The maximum atomic E-state index is 13.8. The molecule has 0 amide bonds. The summed E-state index contributed by atoms with van der Waals surface area (Å²) in [7, 11) is 1.85. The van der Waals surface area contributed by atoms with E-state index in [0.29, 0.717) is 17.9 Å². The fourth-order valence-corrected chi connectivity index (χ4v) is 2.19. The van der Waals surface area contributed by atoms with Crippen LogP contribution in [0.1, 0.15) is 16.7 Å². The molecule has 0 spiro atoms. The lowest BCUT2D eigenvalue weighted by Crippen LogP contribution is -2.19. The maximum absolute atomic E-state index is 13.8. The van der Waals surface area contributed by atoms with Crippen LogP contribution in [0.15, 0.2) is 36.4 Å². The van der Waals surface area contributed by atoms with Crippen LogP contribution in [0.5, 0.6) is 0 Å². The molecular formula is C16H19FN2. The first-order valence-corrected chi connectivity index (χ1v) is 6.30. The molecule has 0 saturated carbocycles. The Balaban J connectivity index is 2.25. The van der Waals surface area contributed by atoms with Crippen molar-refractivity contribution in [3.05, 3.63) is 58.9 Å². The summed E-state index contributed by atoms with van der Waals surface area (Å²) in [6, 6.07) is 11.1. The summed E-state index contributed by atoms with van der Waals surface area (Å²) in [5, 5.41) is 0. The molecule has 0 aliphatic rings. The summed E-state index contributed by atoms with van der Waals surface area (Å²) in [6.07, 6.45) is 0. The average Bonchev–Trinajstić information content (AvgIpc) is 2.33. The molecule has 2 N–H and O–H groups in total. The summed E-state index contributed by atoms with van der Waals surface area (Å²) in [5.74, 6) is -0.286. The van der Waals surface area contributed by atoms with E-state index in [2.05, 4.69) is 32.0 Å². The van der Waals surface area contributed by atoms with E-state index in [9.17, 15) is 4.39 Å². The summed E-state index contributed by atoms with van der Waals surface area (Å²) in [4.78, 5) is 1.84. The quantitative estimate of drug-likeness (QED) is 0.851. The first-order chi connectivity index (χ1) is 8.99. The van der Waals surface area contributed by atoms with Crippen molar-refractivity contribution < 1.29 is 4.39 Å². The highest BCUT2D eigenvalue weighted by Crippen LogP contribution is 2.27. The van der Waals surface area contributed by atoms with Gasteiger partial charge in [-0.25, -0.2) is 4.39 Å². The number of anilines is 2. The van der Waals surface area contributed by atoms with Crippen molar-refractivity contribution in [3.8, 4) is 0 Å². The van der Waals surface area contributed by atoms with Crippen LogP contribution in [-0.4, -0.2) is 7.05 Å². The van der Waals surface area contributed by atoms with E-state index in [0.717, 1.165) is 5.56 Å². The molecule has 2 nitrogen and oxygen atoms in total. The molecule has 0 bridgehead atoms. The zero-order valence-corrected chi connectivity index (χ0v) is 11.6. The molecule has 0 aromatic heterocycles. The monoisotopic (exact) mass is 258 g/mol. The van der Waals surface area contributed by atoms with Crippen LogP contribution in [0.2, 0.25) is 0 Å². The lowest BCUT2D eigenvalue weighted by Gasteiger charge is -2.22. The van der Waals surface area contributed by atoms with Crippen LogP contribution in [0.3, 0.4) is 0 Å². The van der Waals surface area contributed by atoms with Gasteiger partial charge in [0.15, 0.2) is 0 Å². The average molecular weight is 258 g/mol. The van der Waals surface area contributed by atoms with E-state index in [-0.39, 0.29) is 5.82 Å². The number of halogens is 1. The summed E-state index contributed by atoms with van der Waals surface area (Å²) in [6.45, 7) is 4.79. The van der Waals surface area contributed by atoms with E-state index < -0.39 is 0 Å². The van der Waals surface area contributed by atoms with Gasteiger partial charge in [-0.15, -0.1) is 0 Å². The molecule has 19 heavy (non-hydrogen) atoms. The van der Waals surface area contributed by atoms with Gasteiger partial charge in [0.05, 0.1) is 11.4 Å². The smallest absolute Gasteiger partial charge is 0.148 e. The third-order valence-electron chi connectivity index (χ3n) is 3.39. The molecule has 0 aliphatic heterocycles. The predicted octanol–water partition coefficient (Wildman–Crippen LogP) is 3.66. The zero-order chi connectivity index (χ0) is 14.0. The Kier molecular flexibility index (Phi) is 3.74. The van der Waals surface area contributed by atoms with Crippen molar-refractivity contribution in [1.29, 1.82) is 0 Å². The minimum Gasteiger partial charge on any atom is -0.397 e. The number of hydrogen-bond donors (Lipinski definition) is 1. The van der Waals surface area contributed by atoms with Crippen LogP contribution >= 0.6 is 0 Å². The van der Waals surface area contributed by atoms with E-state index in [4.69, 9.17) is 5.73 Å². The van der Waals surface area contributed by atoms with Gasteiger partial charge in [0.25, 0.3) is 0 Å². The van der Waals surface area contributed by atoms with Gasteiger partial charge in [0.2, 0.25) is 0 Å². The number of benzene rings is 2. The molecule has 0 heterocycles. The van der Waals surface area contributed by atoms with Crippen LogP contribution in [-0.2, 0) is 6.54 Å². The standard InChI is InChI=1S/C16H19FN2/c1-11-7-8-13(9-12(11)2)10-19(3)16-14(17)5-4-6-15(16)18/h4-9H,10,18H2,1-3H3. The van der Waals surface area contributed by atoms with E-state index >= 15 is 0 Å². The third kappa shape index (κ3) is 2.87. The molecule has 0 fully saturated rings. The fourth-order valence-electron chi connectivity index (χ4n) is 2.19. The molecule has 2 rings (SSSR count). The van der Waals surface area contributed by atoms with Crippen LogP contribution in [0, 0.1) is 19.7 Å². The first kappa shape index (κ1) is 13.4. The van der Waals surface area contributed by atoms with Crippen LogP contribution in [0.25, 0.3) is 0 Å². The van der Waals surface area contributed by atoms with Gasteiger partial charge in [-0.3, -0.25) is 0 Å². The number of para-hydroxylation sites is 1.